The highest BCUT2D eigenvalue weighted by atomic mass is 19.4. The number of hydrogen-bond donors (Lipinski definition) is 2. The van der Waals surface area contributed by atoms with Crippen molar-refractivity contribution in [3.8, 4) is 11.1 Å². The van der Waals surface area contributed by atoms with Crippen LogP contribution in [0.5, 0.6) is 0 Å². The first-order valence-corrected chi connectivity index (χ1v) is 10.5. The summed E-state index contributed by atoms with van der Waals surface area (Å²) in [6.07, 6.45) is -4.53. The molecule has 4 rings (SSSR count). The molecular formula is C25H23F3N4O. The number of nitrogens with one attached hydrogen (secondary N) is 2. The van der Waals surface area contributed by atoms with E-state index >= 15 is 0 Å². The van der Waals surface area contributed by atoms with E-state index in [1.165, 1.54) is 0 Å². The number of hydrogen-bond acceptors (Lipinski definition) is 3. The average Bonchev–Trinajstić information content (AvgIpc) is 3.15. The van der Waals surface area contributed by atoms with Crippen molar-refractivity contribution in [3.05, 3.63) is 77.9 Å². The van der Waals surface area contributed by atoms with Crippen LogP contribution in [-0.2, 0) is 6.18 Å². The van der Waals surface area contributed by atoms with E-state index < -0.39 is 11.7 Å². The minimum atomic E-state index is -4.53. The van der Waals surface area contributed by atoms with Gasteiger partial charge < -0.3 is 15.2 Å². The molecule has 0 aliphatic carbocycles. The fraction of sp³-hybridized carbons (Fsp3) is 0.200. The Morgan fingerprint density at radius 2 is 1.73 bits per heavy atom. The van der Waals surface area contributed by atoms with Gasteiger partial charge in [-0.2, -0.15) is 13.2 Å². The first-order valence-electron chi connectivity index (χ1n) is 10.5. The van der Waals surface area contributed by atoms with Gasteiger partial charge in [-0.25, -0.2) is 4.98 Å². The molecule has 1 heterocycles. The van der Waals surface area contributed by atoms with Gasteiger partial charge >= 0.3 is 6.18 Å². The second-order valence-corrected chi connectivity index (χ2v) is 7.93. The molecule has 0 aliphatic rings. The van der Waals surface area contributed by atoms with Crippen molar-refractivity contribution >= 4 is 28.6 Å². The Labute approximate surface area is 189 Å². The van der Waals surface area contributed by atoms with Crippen LogP contribution in [0.1, 0.15) is 35.8 Å². The summed E-state index contributed by atoms with van der Waals surface area (Å²) in [5.41, 5.74) is 1.74. The van der Waals surface area contributed by atoms with Gasteiger partial charge in [0.25, 0.3) is 5.91 Å². The molecule has 2 N–H and O–H groups in total. The number of nitrogens with zero attached hydrogens (tertiary/aromatic N) is 2. The molecule has 0 spiro atoms. The van der Waals surface area contributed by atoms with E-state index in [4.69, 9.17) is 0 Å². The molecule has 33 heavy (non-hydrogen) atoms. The number of aromatic nitrogens is 2. The lowest BCUT2D eigenvalue weighted by Gasteiger charge is -2.17. The second-order valence-electron chi connectivity index (χ2n) is 7.93. The van der Waals surface area contributed by atoms with Gasteiger partial charge in [0, 0.05) is 24.3 Å². The highest BCUT2D eigenvalue weighted by Gasteiger charge is 2.35. The third kappa shape index (κ3) is 4.41. The number of amides is 1. The Morgan fingerprint density at radius 1 is 1.00 bits per heavy atom. The van der Waals surface area contributed by atoms with Crippen LogP contribution >= 0.6 is 0 Å². The SMILES string of the molecule is CNC(=O)c1cccc(Nc2nc3cc(C(F)(F)F)c(-c4ccccc4)cc3n2C(C)C)c1. The second kappa shape index (κ2) is 8.61. The lowest BCUT2D eigenvalue weighted by molar-refractivity contribution is -0.137. The summed E-state index contributed by atoms with van der Waals surface area (Å²) in [7, 11) is 1.54. The Hall–Kier alpha value is -3.81. The first-order chi connectivity index (χ1) is 15.7. The van der Waals surface area contributed by atoms with Gasteiger partial charge in [-0.3, -0.25) is 4.79 Å². The zero-order valence-corrected chi connectivity index (χ0v) is 18.4. The highest BCUT2D eigenvalue weighted by Crippen LogP contribution is 2.40. The maximum absolute atomic E-state index is 13.9. The van der Waals surface area contributed by atoms with Gasteiger partial charge in [0.15, 0.2) is 0 Å². The summed E-state index contributed by atoms with van der Waals surface area (Å²) in [5, 5.41) is 5.74. The van der Waals surface area contributed by atoms with Crippen LogP contribution in [0.15, 0.2) is 66.7 Å². The molecular weight excluding hydrogens is 429 g/mol. The number of rotatable bonds is 5. The van der Waals surface area contributed by atoms with E-state index in [0.29, 0.717) is 28.3 Å². The maximum Gasteiger partial charge on any atom is 0.417 e. The summed E-state index contributed by atoms with van der Waals surface area (Å²) < 4.78 is 43.7. The van der Waals surface area contributed by atoms with Crippen molar-refractivity contribution in [1.29, 1.82) is 0 Å². The fourth-order valence-corrected chi connectivity index (χ4v) is 3.86. The van der Waals surface area contributed by atoms with Crippen LogP contribution in [0.4, 0.5) is 24.8 Å². The third-order valence-electron chi connectivity index (χ3n) is 5.34. The molecule has 0 unspecified atom stereocenters. The summed E-state index contributed by atoms with van der Waals surface area (Å²) in [5.74, 6) is 0.158. The lowest BCUT2D eigenvalue weighted by atomic mass is 9.98. The molecule has 3 aromatic carbocycles. The number of fused-ring (bicyclic) bond motifs is 1. The fourth-order valence-electron chi connectivity index (χ4n) is 3.86. The zero-order chi connectivity index (χ0) is 23.8. The minimum absolute atomic E-state index is 0.0833. The summed E-state index contributed by atoms with van der Waals surface area (Å²) >= 11 is 0. The van der Waals surface area contributed by atoms with Crippen LogP contribution in [0.2, 0.25) is 0 Å². The number of carbonyl (C=O) groups is 1. The zero-order valence-electron chi connectivity index (χ0n) is 18.4. The highest BCUT2D eigenvalue weighted by molar-refractivity contribution is 5.95. The molecule has 4 aromatic rings. The molecule has 0 fully saturated rings. The van der Waals surface area contributed by atoms with E-state index in [2.05, 4.69) is 15.6 Å². The Morgan fingerprint density at radius 3 is 2.36 bits per heavy atom. The lowest BCUT2D eigenvalue weighted by Crippen LogP contribution is -2.17. The maximum atomic E-state index is 13.9. The van der Waals surface area contributed by atoms with Crippen molar-refractivity contribution in [2.45, 2.75) is 26.1 Å². The average molecular weight is 452 g/mol. The Bertz CT molecular complexity index is 1310. The molecule has 170 valence electrons. The molecule has 0 saturated heterocycles. The standard InChI is InChI=1S/C25H23F3N4O/c1-15(2)32-22-13-19(16-8-5-4-6-9-16)20(25(26,27)28)14-21(22)31-24(32)30-18-11-7-10-17(12-18)23(33)29-3/h4-15H,1-3H3,(H,29,33)(H,30,31). The molecule has 1 aromatic heterocycles. The smallest absolute Gasteiger partial charge is 0.355 e. The topological polar surface area (TPSA) is 59.0 Å². The van der Waals surface area contributed by atoms with Crippen LogP contribution in [0, 0.1) is 0 Å². The number of imidazole rings is 1. The molecule has 0 bridgehead atoms. The first kappa shape index (κ1) is 22.4. The molecule has 0 radical (unpaired) electrons. The van der Waals surface area contributed by atoms with Gasteiger partial charge in [-0.1, -0.05) is 36.4 Å². The van der Waals surface area contributed by atoms with Crippen molar-refractivity contribution < 1.29 is 18.0 Å². The van der Waals surface area contributed by atoms with Gasteiger partial charge in [0.1, 0.15) is 0 Å². The predicted molar refractivity (Wildman–Crippen MR) is 124 cm³/mol. The quantitative estimate of drug-likeness (QED) is 0.368. The van der Waals surface area contributed by atoms with Crippen LogP contribution in [-0.4, -0.2) is 22.5 Å². The predicted octanol–water partition coefficient (Wildman–Crippen LogP) is 6.41. The van der Waals surface area contributed by atoms with Gasteiger partial charge in [0.05, 0.1) is 16.6 Å². The van der Waals surface area contributed by atoms with E-state index in [1.807, 2.05) is 18.4 Å². The van der Waals surface area contributed by atoms with E-state index in [0.717, 1.165) is 6.07 Å². The van der Waals surface area contributed by atoms with Crippen LogP contribution in [0.25, 0.3) is 22.2 Å². The molecule has 0 aliphatic heterocycles. The van der Waals surface area contributed by atoms with Gasteiger partial charge in [-0.15, -0.1) is 0 Å². The summed E-state index contributed by atoms with van der Waals surface area (Å²) in [6.45, 7) is 3.88. The minimum Gasteiger partial charge on any atom is -0.355 e. The number of halogens is 3. The number of benzene rings is 3. The summed E-state index contributed by atoms with van der Waals surface area (Å²) in [6, 6.07) is 17.9. The molecule has 5 nitrogen and oxygen atoms in total. The number of carbonyl (C=O) groups excluding carboxylic acids is 1. The molecule has 8 heteroatoms. The van der Waals surface area contributed by atoms with Crippen molar-refractivity contribution in [2.24, 2.45) is 0 Å². The van der Waals surface area contributed by atoms with Gasteiger partial charge in [-0.05, 0) is 55.3 Å². The Balaban J connectivity index is 1.89. The Kier molecular flexibility index (Phi) is 5.84. The third-order valence-corrected chi connectivity index (χ3v) is 5.34. The monoisotopic (exact) mass is 452 g/mol. The van der Waals surface area contributed by atoms with E-state index in [-0.39, 0.29) is 23.0 Å². The number of anilines is 2. The molecule has 0 saturated carbocycles. The number of alkyl halides is 3. The normalized spacial score (nSPS) is 11.7. The largest absolute Gasteiger partial charge is 0.417 e. The van der Waals surface area contributed by atoms with Crippen molar-refractivity contribution in [2.75, 3.05) is 12.4 Å². The van der Waals surface area contributed by atoms with E-state index in [9.17, 15) is 18.0 Å². The molecule has 0 atom stereocenters. The summed E-state index contributed by atoms with van der Waals surface area (Å²) in [4.78, 5) is 16.5. The van der Waals surface area contributed by atoms with E-state index in [1.54, 1.807) is 67.7 Å². The van der Waals surface area contributed by atoms with Crippen LogP contribution < -0.4 is 10.6 Å². The van der Waals surface area contributed by atoms with Crippen molar-refractivity contribution in [1.82, 2.24) is 14.9 Å². The molecule has 1 amide bonds. The van der Waals surface area contributed by atoms with Crippen molar-refractivity contribution in [3.63, 3.8) is 0 Å². The van der Waals surface area contributed by atoms with Gasteiger partial charge in [0.2, 0.25) is 5.95 Å². The van der Waals surface area contributed by atoms with Crippen LogP contribution in [0.3, 0.4) is 0 Å².